The highest BCUT2D eigenvalue weighted by Gasteiger charge is 2.32. The minimum absolute atomic E-state index is 0.619. The number of rotatable bonds is 5. The van der Waals surface area contributed by atoms with Crippen LogP contribution >= 0.6 is 27.7 Å². The molecule has 0 radical (unpaired) electrons. The van der Waals surface area contributed by atoms with Crippen molar-refractivity contribution in [3.63, 3.8) is 0 Å². The molecule has 0 bridgehead atoms. The van der Waals surface area contributed by atoms with Gasteiger partial charge in [-0.15, -0.1) is 11.8 Å². The fourth-order valence-corrected chi connectivity index (χ4v) is 4.86. The molecule has 0 aliphatic heterocycles. The van der Waals surface area contributed by atoms with Gasteiger partial charge in [-0.25, -0.2) is 4.98 Å². The maximum atomic E-state index is 4.53. The highest BCUT2D eigenvalue weighted by atomic mass is 79.9. The van der Waals surface area contributed by atoms with Crippen LogP contribution in [0.2, 0.25) is 0 Å². The van der Waals surface area contributed by atoms with Crippen LogP contribution < -0.4 is 5.32 Å². The van der Waals surface area contributed by atoms with Crippen LogP contribution in [0, 0.1) is 11.8 Å². The largest absolute Gasteiger partial charge is 0.313 e. The molecule has 1 aromatic rings. The van der Waals surface area contributed by atoms with Gasteiger partial charge in [0.05, 0.1) is 0 Å². The second-order valence-electron chi connectivity index (χ2n) is 5.93. The second-order valence-corrected chi connectivity index (χ2v) is 8.01. The van der Waals surface area contributed by atoms with Gasteiger partial charge in [0, 0.05) is 22.0 Å². The monoisotopic (exact) mass is 356 g/mol. The van der Waals surface area contributed by atoms with Gasteiger partial charge in [0.2, 0.25) is 0 Å². The summed E-state index contributed by atoms with van der Waals surface area (Å²) in [5, 5.41) is 5.43. The third-order valence-corrected chi connectivity index (χ3v) is 6.50. The van der Waals surface area contributed by atoms with Crippen molar-refractivity contribution in [2.45, 2.75) is 56.4 Å². The summed E-state index contributed by atoms with van der Waals surface area (Å²) in [6, 6.07) is 4.68. The van der Waals surface area contributed by atoms with Crippen LogP contribution in [-0.2, 0) is 0 Å². The van der Waals surface area contributed by atoms with Crippen LogP contribution in [0.4, 0.5) is 0 Å². The standard InChI is InChI=1S/C16H25BrN2S/c1-4-18-14-8-7-12(11(2)3)10-15(14)20-16-13(17)6-5-9-19-16/h5-6,9,11-12,14-15,18H,4,7-8,10H2,1-3H3. The number of aromatic nitrogens is 1. The number of halogens is 1. The Hall–Kier alpha value is -0.0600. The summed E-state index contributed by atoms with van der Waals surface area (Å²) in [4.78, 5) is 4.53. The molecule has 1 aromatic heterocycles. The third kappa shape index (κ3) is 4.22. The normalized spacial score (nSPS) is 26.9. The van der Waals surface area contributed by atoms with Gasteiger partial charge < -0.3 is 5.32 Å². The van der Waals surface area contributed by atoms with E-state index >= 15 is 0 Å². The SMILES string of the molecule is CCNC1CCC(C(C)C)CC1Sc1ncccc1Br. The molecule has 1 heterocycles. The summed E-state index contributed by atoms with van der Waals surface area (Å²) < 4.78 is 1.12. The lowest BCUT2D eigenvalue weighted by atomic mass is 9.79. The minimum atomic E-state index is 0.619. The predicted octanol–water partition coefficient (Wildman–Crippen LogP) is 4.74. The van der Waals surface area contributed by atoms with Gasteiger partial charge in [-0.05, 0) is 65.7 Å². The zero-order valence-corrected chi connectivity index (χ0v) is 15.0. The quantitative estimate of drug-likeness (QED) is 0.824. The summed E-state index contributed by atoms with van der Waals surface area (Å²) in [6.45, 7) is 7.97. The van der Waals surface area contributed by atoms with Gasteiger partial charge >= 0.3 is 0 Å². The van der Waals surface area contributed by atoms with Crippen LogP contribution in [-0.4, -0.2) is 22.8 Å². The Kier molecular flexibility index (Phi) is 6.37. The lowest BCUT2D eigenvalue weighted by Crippen LogP contribution is -2.43. The van der Waals surface area contributed by atoms with E-state index in [0.29, 0.717) is 11.3 Å². The highest BCUT2D eigenvalue weighted by molar-refractivity contribution is 9.10. The van der Waals surface area contributed by atoms with Crippen LogP contribution in [0.1, 0.15) is 40.0 Å². The van der Waals surface area contributed by atoms with Gasteiger partial charge in [0.15, 0.2) is 0 Å². The second kappa shape index (κ2) is 7.81. The van der Waals surface area contributed by atoms with Crippen LogP contribution in [0.15, 0.2) is 27.8 Å². The Morgan fingerprint density at radius 3 is 2.90 bits per heavy atom. The lowest BCUT2D eigenvalue weighted by molar-refractivity contribution is 0.247. The van der Waals surface area contributed by atoms with Crippen molar-refractivity contribution in [2.24, 2.45) is 11.8 Å². The van der Waals surface area contributed by atoms with E-state index in [0.717, 1.165) is 27.9 Å². The first-order chi connectivity index (χ1) is 9.61. The van der Waals surface area contributed by atoms with Crippen molar-refractivity contribution in [3.05, 3.63) is 22.8 Å². The maximum absolute atomic E-state index is 4.53. The molecule has 0 saturated heterocycles. The first kappa shape index (κ1) is 16.3. The summed E-state index contributed by atoms with van der Waals surface area (Å²) in [7, 11) is 0. The number of nitrogens with zero attached hydrogens (tertiary/aromatic N) is 1. The predicted molar refractivity (Wildman–Crippen MR) is 91.2 cm³/mol. The van der Waals surface area contributed by atoms with Gasteiger partial charge in [0.25, 0.3) is 0 Å². The van der Waals surface area contributed by atoms with Crippen molar-refractivity contribution in [3.8, 4) is 0 Å². The highest BCUT2D eigenvalue weighted by Crippen LogP contribution is 2.40. The molecule has 0 amide bonds. The van der Waals surface area contributed by atoms with Gasteiger partial charge in [-0.2, -0.15) is 0 Å². The average Bonchev–Trinajstić information content (AvgIpc) is 2.43. The Labute approximate surface area is 135 Å². The lowest BCUT2D eigenvalue weighted by Gasteiger charge is -2.37. The van der Waals surface area contributed by atoms with Crippen LogP contribution in [0.3, 0.4) is 0 Å². The van der Waals surface area contributed by atoms with Gasteiger partial charge in [-0.3, -0.25) is 0 Å². The Morgan fingerprint density at radius 1 is 1.45 bits per heavy atom. The Bertz CT molecular complexity index is 425. The Morgan fingerprint density at radius 2 is 2.25 bits per heavy atom. The third-order valence-electron chi connectivity index (χ3n) is 4.23. The van der Waals surface area contributed by atoms with Crippen molar-refractivity contribution in [1.82, 2.24) is 10.3 Å². The smallest absolute Gasteiger partial charge is 0.110 e. The van der Waals surface area contributed by atoms with Crippen LogP contribution in [0.5, 0.6) is 0 Å². The summed E-state index contributed by atoms with van der Waals surface area (Å²) in [5.74, 6) is 1.64. The zero-order valence-electron chi connectivity index (χ0n) is 12.6. The molecular weight excluding hydrogens is 332 g/mol. The summed E-state index contributed by atoms with van der Waals surface area (Å²) >= 11 is 5.56. The fourth-order valence-electron chi connectivity index (χ4n) is 2.99. The molecule has 112 valence electrons. The van der Waals surface area contributed by atoms with E-state index < -0.39 is 0 Å². The average molecular weight is 357 g/mol. The first-order valence-corrected chi connectivity index (χ1v) is 9.29. The molecule has 1 fully saturated rings. The Balaban J connectivity index is 2.09. The van der Waals surface area contributed by atoms with E-state index in [9.17, 15) is 0 Å². The van der Waals surface area contributed by atoms with Crippen molar-refractivity contribution in [1.29, 1.82) is 0 Å². The number of thioether (sulfide) groups is 1. The number of pyridine rings is 1. The van der Waals surface area contributed by atoms with E-state index in [1.54, 1.807) is 0 Å². The fraction of sp³-hybridized carbons (Fsp3) is 0.688. The van der Waals surface area contributed by atoms with Gasteiger partial charge in [-0.1, -0.05) is 20.8 Å². The first-order valence-electron chi connectivity index (χ1n) is 7.62. The van der Waals surface area contributed by atoms with E-state index in [1.807, 2.05) is 24.0 Å². The molecule has 2 rings (SSSR count). The molecule has 1 aliphatic rings. The molecule has 0 spiro atoms. The van der Waals surface area contributed by atoms with Crippen molar-refractivity contribution >= 4 is 27.7 Å². The molecule has 1 aliphatic carbocycles. The van der Waals surface area contributed by atoms with E-state index in [4.69, 9.17) is 0 Å². The van der Waals surface area contributed by atoms with Crippen molar-refractivity contribution < 1.29 is 0 Å². The summed E-state index contributed by atoms with van der Waals surface area (Å²) in [5.41, 5.74) is 0. The van der Waals surface area contributed by atoms with E-state index in [2.05, 4.69) is 53.1 Å². The maximum Gasteiger partial charge on any atom is 0.110 e. The number of hydrogen-bond donors (Lipinski definition) is 1. The topological polar surface area (TPSA) is 24.9 Å². The molecule has 1 saturated carbocycles. The van der Waals surface area contributed by atoms with Gasteiger partial charge in [0.1, 0.15) is 5.03 Å². The zero-order chi connectivity index (χ0) is 14.5. The molecular formula is C16H25BrN2S. The number of nitrogens with one attached hydrogen (secondary N) is 1. The number of hydrogen-bond acceptors (Lipinski definition) is 3. The minimum Gasteiger partial charge on any atom is -0.313 e. The molecule has 20 heavy (non-hydrogen) atoms. The van der Waals surface area contributed by atoms with E-state index in [1.165, 1.54) is 19.3 Å². The molecule has 3 atom stereocenters. The van der Waals surface area contributed by atoms with Crippen molar-refractivity contribution in [2.75, 3.05) is 6.54 Å². The molecule has 3 unspecified atom stereocenters. The van der Waals surface area contributed by atoms with Crippen LogP contribution in [0.25, 0.3) is 0 Å². The molecule has 4 heteroatoms. The molecule has 2 nitrogen and oxygen atoms in total. The summed E-state index contributed by atoms with van der Waals surface area (Å²) in [6.07, 6.45) is 5.83. The molecule has 1 N–H and O–H groups in total. The van der Waals surface area contributed by atoms with E-state index in [-0.39, 0.29) is 0 Å². The molecule has 0 aromatic carbocycles.